The molecule has 0 aromatic heterocycles. The second-order valence-electron chi connectivity index (χ2n) is 4.13. The van der Waals surface area contributed by atoms with Crippen molar-refractivity contribution in [2.75, 3.05) is 0 Å². The smallest absolute Gasteiger partial charge is 0.123 e. The fourth-order valence-electron chi connectivity index (χ4n) is 2.15. The summed E-state index contributed by atoms with van der Waals surface area (Å²) < 4.78 is 0. The molecule has 0 N–H and O–H groups in total. The summed E-state index contributed by atoms with van der Waals surface area (Å²) in [6, 6.07) is 0. The lowest BCUT2D eigenvalue weighted by atomic mass is 9.50. The van der Waals surface area contributed by atoms with Crippen molar-refractivity contribution >= 4 is 6.29 Å². The maximum Gasteiger partial charge on any atom is 0.123 e. The summed E-state index contributed by atoms with van der Waals surface area (Å²) in [7, 11) is 0. The van der Waals surface area contributed by atoms with Crippen molar-refractivity contribution in [3.8, 4) is 0 Å². The van der Waals surface area contributed by atoms with Gasteiger partial charge in [-0.05, 0) is 17.3 Å². The maximum absolute atomic E-state index is 10.6. The SMILES string of the molecule is CC1C(C)C(C)(C)C1C=O. The van der Waals surface area contributed by atoms with Crippen LogP contribution in [-0.2, 0) is 4.79 Å². The van der Waals surface area contributed by atoms with E-state index >= 15 is 0 Å². The van der Waals surface area contributed by atoms with E-state index in [9.17, 15) is 4.79 Å². The van der Waals surface area contributed by atoms with Gasteiger partial charge in [0.05, 0.1) is 0 Å². The molecule has 1 saturated carbocycles. The Morgan fingerprint density at radius 2 is 1.80 bits per heavy atom. The molecule has 0 spiro atoms. The average Bonchev–Trinajstić information content (AvgIpc) is 1.88. The Morgan fingerprint density at radius 1 is 1.30 bits per heavy atom. The molecule has 3 atom stereocenters. The van der Waals surface area contributed by atoms with Crippen LogP contribution in [0.5, 0.6) is 0 Å². The molecule has 0 aromatic rings. The largest absolute Gasteiger partial charge is 0.303 e. The zero-order valence-corrected chi connectivity index (χ0v) is 7.22. The predicted molar refractivity (Wildman–Crippen MR) is 41.7 cm³/mol. The number of carbonyl (C=O) groups excluding carboxylic acids is 1. The van der Waals surface area contributed by atoms with Crippen LogP contribution in [-0.4, -0.2) is 6.29 Å². The Kier molecular flexibility index (Phi) is 1.61. The van der Waals surface area contributed by atoms with Crippen LogP contribution in [0.15, 0.2) is 0 Å². The second kappa shape index (κ2) is 2.08. The van der Waals surface area contributed by atoms with Crippen molar-refractivity contribution in [3.63, 3.8) is 0 Å². The van der Waals surface area contributed by atoms with Gasteiger partial charge in [0, 0.05) is 5.92 Å². The van der Waals surface area contributed by atoms with Gasteiger partial charge >= 0.3 is 0 Å². The monoisotopic (exact) mass is 140 g/mol. The standard InChI is InChI=1S/C9H16O/c1-6-7(2)9(3,4)8(6)5-10/h5-8H,1-4H3. The Hall–Kier alpha value is -0.330. The molecule has 0 bridgehead atoms. The third-order valence-corrected chi connectivity index (χ3v) is 3.53. The van der Waals surface area contributed by atoms with E-state index in [0.29, 0.717) is 17.8 Å². The zero-order valence-electron chi connectivity index (χ0n) is 7.22. The number of hydrogen-bond donors (Lipinski definition) is 0. The maximum atomic E-state index is 10.6. The van der Waals surface area contributed by atoms with E-state index in [1.54, 1.807) is 0 Å². The number of carbonyl (C=O) groups is 1. The lowest BCUT2D eigenvalue weighted by molar-refractivity contribution is -0.134. The minimum atomic E-state index is 0.251. The van der Waals surface area contributed by atoms with Crippen molar-refractivity contribution in [2.45, 2.75) is 27.7 Å². The zero-order chi connectivity index (χ0) is 7.94. The Bertz CT molecular complexity index is 149. The van der Waals surface area contributed by atoms with Gasteiger partial charge in [-0.1, -0.05) is 27.7 Å². The van der Waals surface area contributed by atoms with Crippen LogP contribution in [0.3, 0.4) is 0 Å². The third-order valence-electron chi connectivity index (χ3n) is 3.53. The summed E-state index contributed by atoms with van der Waals surface area (Å²) in [5, 5.41) is 0. The average molecular weight is 140 g/mol. The quantitative estimate of drug-likeness (QED) is 0.510. The molecule has 1 aliphatic rings. The molecule has 1 nitrogen and oxygen atoms in total. The highest BCUT2D eigenvalue weighted by atomic mass is 16.1. The summed E-state index contributed by atoms with van der Waals surface area (Å²) in [5.74, 6) is 1.58. The molecule has 3 unspecified atom stereocenters. The molecule has 0 aromatic carbocycles. The molecule has 0 radical (unpaired) electrons. The highest BCUT2D eigenvalue weighted by molar-refractivity contribution is 5.57. The third kappa shape index (κ3) is 0.727. The van der Waals surface area contributed by atoms with Gasteiger partial charge in [-0.25, -0.2) is 0 Å². The fourth-order valence-corrected chi connectivity index (χ4v) is 2.15. The summed E-state index contributed by atoms with van der Waals surface area (Å²) in [5.41, 5.74) is 0.251. The number of aldehydes is 1. The van der Waals surface area contributed by atoms with Crippen LogP contribution in [0.4, 0.5) is 0 Å². The molecular formula is C9H16O. The highest BCUT2D eigenvalue weighted by Gasteiger charge is 2.50. The molecule has 0 saturated heterocycles. The second-order valence-corrected chi connectivity index (χ2v) is 4.13. The Morgan fingerprint density at radius 3 is 2.00 bits per heavy atom. The van der Waals surface area contributed by atoms with E-state index in [0.717, 1.165) is 6.29 Å². The molecule has 1 heteroatoms. The van der Waals surface area contributed by atoms with Crippen LogP contribution in [0.1, 0.15) is 27.7 Å². The summed E-state index contributed by atoms with van der Waals surface area (Å²) >= 11 is 0. The van der Waals surface area contributed by atoms with Crippen molar-refractivity contribution in [1.82, 2.24) is 0 Å². The minimum Gasteiger partial charge on any atom is -0.303 e. The first kappa shape index (κ1) is 7.77. The lowest BCUT2D eigenvalue weighted by Gasteiger charge is -2.54. The first-order valence-electron chi connectivity index (χ1n) is 3.97. The summed E-state index contributed by atoms with van der Waals surface area (Å²) in [6.45, 7) is 8.74. The normalized spacial score (nSPS) is 44.2. The van der Waals surface area contributed by atoms with Crippen molar-refractivity contribution in [2.24, 2.45) is 23.2 Å². The van der Waals surface area contributed by atoms with Crippen LogP contribution < -0.4 is 0 Å². The first-order valence-corrected chi connectivity index (χ1v) is 3.97. The number of hydrogen-bond acceptors (Lipinski definition) is 1. The van der Waals surface area contributed by atoms with Crippen molar-refractivity contribution in [3.05, 3.63) is 0 Å². The highest BCUT2D eigenvalue weighted by Crippen LogP contribution is 2.53. The van der Waals surface area contributed by atoms with Gasteiger partial charge in [-0.3, -0.25) is 0 Å². The first-order chi connectivity index (χ1) is 4.51. The van der Waals surface area contributed by atoms with Gasteiger partial charge in [0.1, 0.15) is 6.29 Å². The molecule has 1 aliphatic carbocycles. The van der Waals surface area contributed by atoms with E-state index in [1.165, 1.54) is 0 Å². The molecular weight excluding hydrogens is 124 g/mol. The van der Waals surface area contributed by atoms with Crippen LogP contribution in [0.25, 0.3) is 0 Å². The topological polar surface area (TPSA) is 17.1 Å². The van der Waals surface area contributed by atoms with E-state index in [-0.39, 0.29) is 5.41 Å². The number of rotatable bonds is 1. The molecule has 58 valence electrons. The van der Waals surface area contributed by atoms with Crippen molar-refractivity contribution < 1.29 is 4.79 Å². The van der Waals surface area contributed by atoms with E-state index in [2.05, 4.69) is 27.7 Å². The van der Waals surface area contributed by atoms with Crippen LogP contribution in [0, 0.1) is 23.2 Å². The lowest BCUT2D eigenvalue weighted by Crippen LogP contribution is -2.51. The van der Waals surface area contributed by atoms with Gasteiger partial charge in [0.25, 0.3) is 0 Å². The van der Waals surface area contributed by atoms with Gasteiger partial charge in [0.2, 0.25) is 0 Å². The Labute approximate surface area is 62.8 Å². The molecule has 0 heterocycles. The van der Waals surface area contributed by atoms with Crippen LogP contribution in [0.2, 0.25) is 0 Å². The minimum absolute atomic E-state index is 0.251. The van der Waals surface area contributed by atoms with E-state index in [1.807, 2.05) is 0 Å². The van der Waals surface area contributed by atoms with E-state index in [4.69, 9.17) is 0 Å². The Balaban J connectivity index is 2.70. The predicted octanol–water partition coefficient (Wildman–Crippen LogP) is 2.11. The fraction of sp³-hybridized carbons (Fsp3) is 0.889. The van der Waals surface area contributed by atoms with Gasteiger partial charge in [-0.15, -0.1) is 0 Å². The summed E-state index contributed by atoms with van der Waals surface area (Å²) in [4.78, 5) is 10.6. The van der Waals surface area contributed by atoms with Crippen molar-refractivity contribution in [1.29, 1.82) is 0 Å². The van der Waals surface area contributed by atoms with Gasteiger partial charge < -0.3 is 4.79 Å². The van der Waals surface area contributed by atoms with E-state index < -0.39 is 0 Å². The van der Waals surface area contributed by atoms with Crippen LogP contribution >= 0.6 is 0 Å². The molecule has 1 rings (SSSR count). The molecule has 1 fully saturated rings. The van der Waals surface area contributed by atoms with Gasteiger partial charge in [-0.2, -0.15) is 0 Å². The molecule has 0 aliphatic heterocycles. The van der Waals surface area contributed by atoms with Gasteiger partial charge in [0.15, 0.2) is 0 Å². The summed E-state index contributed by atoms with van der Waals surface area (Å²) in [6.07, 6.45) is 1.12. The molecule has 10 heavy (non-hydrogen) atoms. The molecule has 0 amide bonds.